The van der Waals surface area contributed by atoms with Crippen LogP contribution in [0.5, 0.6) is 0 Å². The van der Waals surface area contributed by atoms with Gasteiger partial charge in [-0.05, 0) is 28.1 Å². The number of carbonyl (C=O) groups is 1. The van der Waals surface area contributed by atoms with E-state index in [0.29, 0.717) is 5.69 Å². The highest BCUT2D eigenvalue weighted by atomic mass is 79.9. The summed E-state index contributed by atoms with van der Waals surface area (Å²) in [6, 6.07) is 7.15. The number of carbonyl (C=O) groups excluding carboxylic acids is 1. The minimum Gasteiger partial charge on any atom is -0.325 e. The largest absolute Gasteiger partial charge is 0.325 e. The molecule has 0 radical (unpaired) electrons. The molecule has 0 unspecified atom stereocenters. The molecule has 0 heterocycles. The zero-order valence-electron chi connectivity index (χ0n) is 10.2. The van der Waals surface area contributed by atoms with Gasteiger partial charge in [0, 0.05) is 25.0 Å². The normalized spacial score (nSPS) is 11.6. The summed E-state index contributed by atoms with van der Waals surface area (Å²) < 4.78 is 24.8. The molecule has 0 aliphatic heterocycles. The fourth-order valence-electron chi connectivity index (χ4n) is 1.18. The number of halogens is 1. The van der Waals surface area contributed by atoms with Crippen LogP contribution < -0.4 is 5.32 Å². The van der Waals surface area contributed by atoms with Crippen LogP contribution in [-0.2, 0) is 14.8 Å². The van der Waals surface area contributed by atoms with Crippen LogP contribution in [0.15, 0.2) is 28.7 Å². The topological polar surface area (TPSA) is 66.5 Å². The minimum atomic E-state index is -3.33. The van der Waals surface area contributed by atoms with Gasteiger partial charge in [-0.25, -0.2) is 12.7 Å². The highest BCUT2D eigenvalue weighted by molar-refractivity contribution is 9.10. The Labute approximate surface area is 115 Å². The van der Waals surface area contributed by atoms with E-state index in [1.165, 1.54) is 14.1 Å². The molecule has 0 bridgehead atoms. The Balaban J connectivity index is 2.56. The van der Waals surface area contributed by atoms with E-state index in [1.54, 1.807) is 18.2 Å². The Bertz CT molecular complexity index is 529. The molecule has 1 rings (SSSR count). The van der Waals surface area contributed by atoms with Crippen molar-refractivity contribution in [1.29, 1.82) is 0 Å². The second-order valence-corrected chi connectivity index (χ2v) is 7.03. The van der Waals surface area contributed by atoms with Gasteiger partial charge >= 0.3 is 0 Å². The molecule has 5 nitrogen and oxygen atoms in total. The van der Waals surface area contributed by atoms with Gasteiger partial charge in [-0.15, -0.1) is 0 Å². The average molecular weight is 335 g/mol. The predicted octanol–water partition coefficient (Wildman–Crippen LogP) is 1.67. The number of hydrogen-bond acceptors (Lipinski definition) is 3. The number of nitrogens with zero attached hydrogens (tertiary/aromatic N) is 1. The van der Waals surface area contributed by atoms with Gasteiger partial charge in [0.15, 0.2) is 0 Å². The van der Waals surface area contributed by atoms with Crippen LogP contribution in [0.25, 0.3) is 0 Å². The lowest BCUT2D eigenvalue weighted by atomic mass is 10.3. The van der Waals surface area contributed by atoms with Crippen LogP contribution in [-0.4, -0.2) is 38.5 Å². The number of anilines is 1. The second kappa shape index (κ2) is 6.31. The van der Waals surface area contributed by atoms with Crippen molar-refractivity contribution in [1.82, 2.24) is 4.31 Å². The van der Waals surface area contributed by atoms with E-state index in [2.05, 4.69) is 21.2 Å². The maximum Gasteiger partial charge on any atom is 0.225 e. The van der Waals surface area contributed by atoms with Gasteiger partial charge in [0.1, 0.15) is 0 Å². The summed E-state index contributed by atoms with van der Waals surface area (Å²) in [5, 5.41) is 2.65. The van der Waals surface area contributed by atoms with Gasteiger partial charge in [-0.3, -0.25) is 4.79 Å². The fraction of sp³-hybridized carbons (Fsp3) is 0.364. The first-order valence-corrected chi connectivity index (χ1v) is 7.68. The molecule has 18 heavy (non-hydrogen) atoms. The molecule has 1 aromatic carbocycles. The van der Waals surface area contributed by atoms with Gasteiger partial charge in [-0.2, -0.15) is 0 Å². The molecule has 0 aliphatic rings. The Morgan fingerprint density at radius 2 is 1.94 bits per heavy atom. The second-order valence-electron chi connectivity index (χ2n) is 3.88. The van der Waals surface area contributed by atoms with Gasteiger partial charge in [0.05, 0.1) is 11.4 Å². The molecule has 0 spiro atoms. The SMILES string of the molecule is CN(C)S(=O)(=O)CCC(=O)Nc1ccccc1Br. The van der Waals surface area contributed by atoms with Gasteiger partial charge < -0.3 is 5.32 Å². The summed E-state index contributed by atoms with van der Waals surface area (Å²) >= 11 is 3.30. The molecule has 1 amide bonds. The summed E-state index contributed by atoms with van der Waals surface area (Å²) in [7, 11) is -0.444. The molecular formula is C11H15BrN2O3S. The zero-order chi connectivity index (χ0) is 13.8. The lowest BCUT2D eigenvalue weighted by molar-refractivity contribution is -0.115. The van der Waals surface area contributed by atoms with Crippen molar-refractivity contribution in [2.75, 3.05) is 25.2 Å². The first-order valence-electron chi connectivity index (χ1n) is 5.27. The van der Waals surface area contributed by atoms with Crippen molar-refractivity contribution in [3.8, 4) is 0 Å². The molecule has 1 N–H and O–H groups in total. The number of amides is 1. The minimum absolute atomic E-state index is 0.0676. The van der Waals surface area contributed by atoms with Crippen molar-refractivity contribution >= 4 is 37.5 Å². The number of rotatable bonds is 5. The lowest BCUT2D eigenvalue weighted by Gasteiger charge is -2.11. The highest BCUT2D eigenvalue weighted by Gasteiger charge is 2.16. The van der Waals surface area contributed by atoms with Crippen LogP contribution in [0.1, 0.15) is 6.42 Å². The molecule has 1 aromatic rings. The Hall–Kier alpha value is -0.920. The third kappa shape index (κ3) is 4.40. The van der Waals surface area contributed by atoms with Crippen LogP contribution in [0.3, 0.4) is 0 Å². The van der Waals surface area contributed by atoms with Crippen molar-refractivity contribution in [2.24, 2.45) is 0 Å². The molecule has 7 heteroatoms. The number of benzene rings is 1. The van der Waals surface area contributed by atoms with Gasteiger partial charge in [0.2, 0.25) is 15.9 Å². The van der Waals surface area contributed by atoms with E-state index in [0.717, 1.165) is 8.78 Å². The number of sulfonamides is 1. The third-order valence-electron chi connectivity index (χ3n) is 2.29. The van der Waals surface area contributed by atoms with Crippen molar-refractivity contribution in [3.63, 3.8) is 0 Å². The lowest BCUT2D eigenvalue weighted by Crippen LogP contribution is -2.27. The number of hydrogen-bond donors (Lipinski definition) is 1. The molecule has 0 saturated carbocycles. The van der Waals surface area contributed by atoms with Crippen LogP contribution >= 0.6 is 15.9 Å². The third-order valence-corrected chi connectivity index (χ3v) is 4.82. The number of nitrogens with one attached hydrogen (secondary N) is 1. The Kier molecular flexibility index (Phi) is 5.30. The fourth-order valence-corrected chi connectivity index (χ4v) is 2.37. The van der Waals surface area contributed by atoms with Crippen molar-refractivity contribution in [2.45, 2.75) is 6.42 Å². The standard InChI is InChI=1S/C11H15BrN2O3S/c1-14(2)18(16,17)8-7-11(15)13-10-6-4-3-5-9(10)12/h3-6H,7-8H2,1-2H3,(H,13,15). The highest BCUT2D eigenvalue weighted by Crippen LogP contribution is 2.21. The maximum absolute atomic E-state index is 11.6. The van der Waals surface area contributed by atoms with E-state index >= 15 is 0 Å². The monoisotopic (exact) mass is 334 g/mol. The number of para-hydroxylation sites is 1. The first kappa shape index (κ1) is 15.1. The van der Waals surface area contributed by atoms with Gasteiger partial charge in [-0.1, -0.05) is 12.1 Å². The smallest absolute Gasteiger partial charge is 0.225 e. The van der Waals surface area contributed by atoms with Crippen LogP contribution in [0.4, 0.5) is 5.69 Å². The van der Waals surface area contributed by atoms with E-state index in [9.17, 15) is 13.2 Å². The Morgan fingerprint density at radius 1 is 1.33 bits per heavy atom. The molecule has 0 saturated heterocycles. The summed E-state index contributed by atoms with van der Waals surface area (Å²) in [5.74, 6) is -0.525. The zero-order valence-corrected chi connectivity index (χ0v) is 12.6. The summed E-state index contributed by atoms with van der Waals surface area (Å²) in [6.45, 7) is 0. The molecule has 0 atom stereocenters. The molecule has 100 valence electrons. The van der Waals surface area contributed by atoms with Crippen LogP contribution in [0, 0.1) is 0 Å². The van der Waals surface area contributed by atoms with E-state index in [4.69, 9.17) is 0 Å². The molecular weight excluding hydrogens is 320 g/mol. The summed E-state index contributed by atoms with van der Waals surface area (Å²) in [6.07, 6.45) is -0.0676. The molecule has 0 aliphatic carbocycles. The Morgan fingerprint density at radius 3 is 2.50 bits per heavy atom. The predicted molar refractivity (Wildman–Crippen MR) is 74.9 cm³/mol. The van der Waals surface area contributed by atoms with E-state index in [-0.39, 0.29) is 18.1 Å². The maximum atomic E-state index is 11.6. The van der Waals surface area contributed by atoms with Crippen molar-refractivity contribution in [3.05, 3.63) is 28.7 Å². The summed E-state index contributed by atoms with van der Waals surface area (Å²) in [4.78, 5) is 11.6. The average Bonchev–Trinajstić information content (AvgIpc) is 2.29. The molecule has 0 aromatic heterocycles. The molecule has 0 fully saturated rings. The van der Waals surface area contributed by atoms with Crippen LogP contribution in [0.2, 0.25) is 0 Å². The van der Waals surface area contributed by atoms with Gasteiger partial charge in [0.25, 0.3) is 0 Å². The van der Waals surface area contributed by atoms with Crippen molar-refractivity contribution < 1.29 is 13.2 Å². The van der Waals surface area contributed by atoms with E-state index < -0.39 is 10.0 Å². The summed E-state index contributed by atoms with van der Waals surface area (Å²) in [5.41, 5.74) is 0.629. The first-order chi connectivity index (χ1) is 8.33. The quantitative estimate of drug-likeness (QED) is 0.890. The van der Waals surface area contributed by atoms with E-state index in [1.807, 2.05) is 6.07 Å².